The highest BCUT2D eigenvalue weighted by molar-refractivity contribution is 6.04. The summed E-state index contributed by atoms with van der Waals surface area (Å²) in [6.45, 7) is 1.96. The molecule has 0 saturated heterocycles. The molecule has 6 N–H and O–H groups in total. The molecule has 8 nitrogen and oxygen atoms in total. The third kappa shape index (κ3) is 2.53. The quantitative estimate of drug-likeness (QED) is 0.379. The number of hydrogen-bond acceptors (Lipinski definition) is 5. The summed E-state index contributed by atoms with van der Waals surface area (Å²) in [5.41, 5.74) is 16.7. The Morgan fingerprint density at radius 3 is 2.79 bits per heavy atom. The molecule has 0 atom stereocenters. The standard InChI is InChI=1S/C21H17N7O/c1-10-5-6-14-13(9-25-28-14)15(10)18-16(22)19(20(23)29)27-21(26-18)12-4-2-3-11-7-8-24-17(11)12/h2-9,24H,22H2,1H3,(H2,23,29)(H,25,28). The number of nitrogens with one attached hydrogen (secondary N) is 2. The largest absolute Gasteiger partial charge is 0.395 e. The van der Waals surface area contributed by atoms with E-state index < -0.39 is 5.91 Å². The van der Waals surface area contributed by atoms with Gasteiger partial charge < -0.3 is 16.5 Å². The molecule has 1 amide bonds. The number of primary amides is 1. The second-order valence-electron chi connectivity index (χ2n) is 6.86. The molecule has 8 heteroatoms. The Morgan fingerprint density at radius 2 is 1.97 bits per heavy atom. The van der Waals surface area contributed by atoms with Gasteiger partial charge in [0.2, 0.25) is 0 Å². The number of fused-ring (bicyclic) bond motifs is 2. The van der Waals surface area contributed by atoms with Gasteiger partial charge in [0.25, 0.3) is 5.91 Å². The number of amides is 1. The number of nitrogens with two attached hydrogens (primary N) is 2. The van der Waals surface area contributed by atoms with Crippen molar-refractivity contribution in [1.82, 2.24) is 25.1 Å². The molecule has 0 aliphatic heterocycles. The molecule has 5 rings (SSSR count). The summed E-state index contributed by atoms with van der Waals surface area (Å²) in [6, 6.07) is 11.6. The summed E-state index contributed by atoms with van der Waals surface area (Å²) in [5.74, 6) is -0.334. The Hall–Kier alpha value is -4.20. The Morgan fingerprint density at radius 1 is 1.10 bits per heavy atom. The lowest BCUT2D eigenvalue weighted by molar-refractivity contribution is 0.0996. The molecular weight excluding hydrogens is 366 g/mol. The molecule has 142 valence electrons. The number of H-pyrrole nitrogens is 2. The van der Waals surface area contributed by atoms with Gasteiger partial charge in [-0.1, -0.05) is 18.2 Å². The molecule has 0 fully saturated rings. The SMILES string of the molecule is Cc1ccc2[nH]ncc2c1-c1nc(-c2cccc3cc[nH]c23)nc(C(N)=O)c1N. The minimum atomic E-state index is -0.705. The lowest BCUT2D eigenvalue weighted by atomic mass is 9.99. The Labute approximate surface area is 165 Å². The van der Waals surface area contributed by atoms with Crippen LogP contribution in [0.5, 0.6) is 0 Å². The van der Waals surface area contributed by atoms with Crippen LogP contribution in [0.1, 0.15) is 16.1 Å². The van der Waals surface area contributed by atoms with Crippen LogP contribution in [0.3, 0.4) is 0 Å². The molecule has 0 aliphatic rings. The maximum Gasteiger partial charge on any atom is 0.269 e. The van der Waals surface area contributed by atoms with Crippen molar-refractivity contribution >= 4 is 33.4 Å². The van der Waals surface area contributed by atoms with Gasteiger partial charge in [0.15, 0.2) is 11.5 Å². The molecule has 0 saturated carbocycles. The molecule has 0 unspecified atom stereocenters. The molecule has 3 aromatic heterocycles. The van der Waals surface area contributed by atoms with Crippen LogP contribution < -0.4 is 11.5 Å². The van der Waals surface area contributed by atoms with E-state index in [9.17, 15) is 4.79 Å². The highest BCUT2D eigenvalue weighted by Crippen LogP contribution is 2.36. The summed E-state index contributed by atoms with van der Waals surface area (Å²) in [7, 11) is 0. The number of hydrogen-bond donors (Lipinski definition) is 4. The van der Waals surface area contributed by atoms with E-state index in [0.29, 0.717) is 11.5 Å². The van der Waals surface area contributed by atoms with Crippen molar-refractivity contribution < 1.29 is 4.79 Å². The number of anilines is 1. The van der Waals surface area contributed by atoms with Gasteiger partial charge in [-0.15, -0.1) is 0 Å². The van der Waals surface area contributed by atoms with E-state index in [0.717, 1.165) is 38.5 Å². The van der Waals surface area contributed by atoms with Crippen LogP contribution in [0.15, 0.2) is 48.8 Å². The first-order valence-electron chi connectivity index (χ1n) is 9.01. The third-order valence-electron chi connectivity index (χ3n) is 5.08. The fraction of sp³-hybridized carbons (Fsp3) is 0.0476. The predicted octanol–water partition coefficient (Wildman–Crippen LogP) is 3.16. The molecule has 0 bridgehead atoms. The molecule has 0 aliphatic carbocycles. The van der Waals surface area contributed by atoms with Crippen LogP contribution in [0.25, 0.3) is 44.5 Å². The van der Waals surface area contributed by atoms with Gasteiger partial charge in [0.1, 0.15) is 0 Å². The van der Waals surface area contributed by atoms with Gasteiger partial charge in [-0.2, -0.15) is 5.10 Å². The smallest absolute Gasteiger partial charge is 0.269 e. The van der Waals surface area contributed by atoms with E-state index in [4.69, 9.17) is 16.5 Å². The first-order chi connectivity index (χ1) is 14.0. The zero-order valence-corrected chi connectivity index (χ0v) is 15.5. The van der Waals surface area contributed by atoms with Crippen molar-refractivity contribution in [3.05, 3.63) is 60.0 Å². The van der Waals surface area contributed by atoms with Gasteiger partial charge in [-0.3, -0.25) is 9.89 Å². The molecule has 0 spiro atoms. The number of aromatic nitrogens is 5. The average molecular weight is 383 g/mol. The number of aryl methyl sites for hydroxylation is 1. The average Bonchev–Trinajstić information content (AvgIpc) is 3.37. The zero-order valence-electron chi connectivity index (χ0n) is 15.5. The first-order valence-corrected chi connectivity index (χ1v) is 9.01. The van der Waals surface area contributed by atoms with Crippen LogP contribution in [0.2, 0.25) is 0 Å². The number of carbonyl (C=O) groups excluding carboxylic acids is 1. The maximum atomic E-state index is 12.1. The van der Waals surface area contributed by atoms with Crippen molar-refractivity contribution in [2.45, 2.75) is 6.92 Å². The molecule has 3 heterocycles. The van der Waals surface area contributed by atoms with Crippen molar-refractivity contribution in [2.24, 2.45) is 5.73 Å². The highest BCUT2D eigenvalue weighted by atomic mass is 16.1. The molecule has 2 aromatic carbocycles. The number of nitrogens with zero attached hydrogens (tertiary/aromatic N) is 3. The van der Waals surface area contributed by atoms with Gasteiger partial charge in [-0.25, -0.2) is 9.97 Å². The van der Waals surface area contributed by atoms with Crippen molar-refractivity contribution in [2.75, 3.05) is 5.73 Å². The summed E-state index contributed by atoms with van der Waals surface area (Å²) < 4.78 is 0. The number of nitrogen functional groups attached to an aromatic ring is 1. The second kappa shape index (κ2) is 6.16. The van der Waals surface area contributed by atoms with Gasteiger partial charge in [-0.05, 0) is 30.7 Å². The predicted molar refractivity (Wildman–Crippen MR) is 112 cm³/mol. The molecule has 29 heavy (non-hydrogen) atoms. The van der Waals surface area contributed by atoms with E-state index in [2.05, 4.69) is 20.2 Å². The fourth-order valence-electron chi connectivity index (χ4n) is 3.68. The normalized spacial score (nSPS) is 11.3. The maximum absolute atomic E-state index is 12.1. The van der Waals surface area contributed by atoms with Crippen LogP contribution >= 0.6 is 0 Å². The topological polar surface area (TPSA) is 139 Å². The minimum Gasteiger partial charge on any atom is -0.395 e. The number of benzene rings is 2. The van der Waals surface area contributed by atoms with Crippen molar-refractivity contribution in [3.8, 4) is 22.6 Å². The fourth-order valence-corrected chi connectivity index (χ4v) is 3.68. The monoisotopic (exact) mass is 383 g/mol. The summed E-state index contributed by atoms with van der Waals surface area (Å²) in [5, 5.41) is 8.94. The molecular formula is C21H17N7O. The van der Waals surface area contributed by atoms with Gasteiger partial charge in [0, 0.05) is 28.1 Å². The van der Waals surface area contributed by atoms with Crippen molar-refractivity contribution in [1.29, 1.82) is 0 Å². The number of carbonyl (C=O) groups is 1. The van der Waals surface area contributed by atoms with Crippen molar-refractivity contribution in [3.63, 3.8) is 0 Å². The number of para-hydroxylation sites is 1. The second-order valence-corrected chi connectivity index (χ2v) is 6.86. The van der Waals surface area contributed by atoms with Crippen LogP contribution in [-0.4, -0.2) is 31.1 Å². The summed E-state index contributed by atoms with van der Waals surface area (Å²) in [6.07, 6.45) is 3.56. The Balaban J connectivity index is 1.87. The van der Waals surface area contributed by atoms with Crippen LogP contribution in [0.4, 0.5) is 5.69 Å². The van der Waals surface area contributed by atoms with E-state index in [1.165, 1.54) is 0 Å². The lowest BCUT2D eigenvalue weighted by Crippen LogP contribution is -2.18. The number of aromatic amines is 2. The van der Waals surface area contributed by atoms with Gasteiger partial charge >= 0.3 is 0 Å². The summed E-state index contributed by atoms with van der Waals surface area (Å²) in [4.78, 5) is 24.5. The summed E-state index contributed by atoms with van der Waals surface area (Å²) >= 11 is 0. The Kier molecular flexibility index (Phi) is 3.60. The Bertz CT molecular complexity index is 1410. The van der Waals surface area contributed by atoms with Gasteiger partial charge in [0.05, 0.1) is 28.6 Å². The zero-order chi connectivity index (χ0) is 20.1. The first kappa shape index (κ1) is 16.9. The van der Waals surface area contributed by atoms with E-state index >= 15 is 0 Å². The van der Waals surface area contributed by atoms with E-state index in [1.807, 2.05) is 49.5 Å². The number of rotatable bonds is 3. The van der Waals surface area contributed by atoms with Crippen LogP contribution in [-0.2, 0) is 0 Å². The highest BCUT2D eigenvalue weighted by Gasteiger charge is 2.22. The van der Waals surface area contributed by atoms with Crippen LogP contribution in [0, 0.1) is 6.92 Å². The molecule has 0 radical (unpaired) electrons. The van der Waals surface area contributed by atoms with E-state index in [-0.39, 0.29) is 11.4 Å². The van der Waals surface area contributed by atoms with E-state index in [1.54, 1.807) is 6.20 Å². The third-order valence-corrected chi connectivity index (χ3v) is 5.08. The lowest BCUT2D eigenvalue weighted by Gasteiger charge is -2.14. The molecule has 5 aromatic rings. The minimum absolute atomic E-state index is 0.00606.